The minimum atomic E-state index is -0.644. The molecule has 0 aliphatic carbocycles. The van der Waals surface area contributed by atoms with Crippen LogP contribution < -0.4 is 0 Å². The van der Waals surface area contributed by atoms with Gasteiger partial charge in [-0.25, -0.2) is 0 Å². The van der Waals surface area contributed by atoms with Crippen molar-refractivity contribution in [2.24, 2.45) is 0 Å². The van der Waals surface area contributed by atoms with E-state index in [2.05, 4.69) is 15.2 Å². The topological polar surface area (TPSA) is 99.9 Å². The number of nitrogens with zero attached hydrogens (tertiary/aromatic N) is 5. The predicted molar refractivity (Wildman–Crippen MR) is 61.4 cm³/mol. The van der Waals surface area contributed by atoms with Crippen LogP contribution in [0.3, 0.4) is 0 Å². The zero-order valence-corrected chi connectivity index (χ0v) is 10.5. The van der Waals surface area contributed by atoms with Crippen LogP contribution in [0, 0.1) is 10.1 Å². The molecule has 8 nitrogen and oxygen atoms in total. The Bertz CT molecular complexity index is 577. The summed E-state index contributed by atoms with van der Waals surface area (Å²) in [5.41, 5.74) is 0. The van der Waals surface area contributed by atoms with Gasteiger partial charge in [-0.2, -0.15) is 9.67 Å². The van der Waals surface area contributed by atoms with Gasteiger partial charge in [-0.15, -0.1) is 0 Å². The average molecular weight is 272 g/mol. The Morgan fingerprint density at radius 1 is 1.61 bits per heavy atom. The van der Waals surface area contributed by atoms with Gasteiger partial charge in [-0.1, -0.05) is 30.6 Å². The molecule has 0 N–H and O–H groups in total. The van der Waals surface area contributed by atoms with Gasteiger partial charge in [0, 0.05) is 5.92 Å². The van der Waals surface area contributed by atoms with Gasteiger partial charge in [-0.05, 0) is 4.92 Å². The van der Waals surface area contributed by atoms with Gasteiger partial charge in [0.2, 0.25) is 5.89 Å². The smallest absolute Gasteiger partial charge is 0.358 e. The van der Waals surface area contributed by atoms with Crippen LogP contribution >= 0.6 is 11.6 Å². The maximum absolute atomic E-state index is 10.6. The second-order valence-corrected chi connectivity index (χ2v) is 4.37. The molecule has 0 aliphatic heterocycles. The van der Waals surface area contributed by atoms with Crippen LogP contribution in [0.5, 0.6) is 0 Å². The number of rotatable bonds is 4. The third-order valence-corrected chi connectivity index (χ3v) is 2.42. The summed E-state index contributed by atoms with van der Waals surface area (Å²) in [7, 11) is 0. The molecular formula is C9H10ClN5O3. The van der Waals surface area contributed by atoms with Crippen molar-refractivity contribution < 1.29 is 9.45 Å². The number of aromatic nitrogens is 4. The standard InChI is InChI=1S/C9H10ClN5O3/c1-5(2)9-11-7(13-18-9)4-14-3-6(10)8(12-14)15(16)17/h3,5H,4H2,1-2H3. The van der Waals surface area contributed by atoms with E-state index in [9.17, 15) is 10.1 Å². The summed E-state index contributed by atoms with van der Waals surface area (Å²) in [4.78, 5) is 14.1. The summed E-state index contributed by atoms with van der Waals surface area (Å²) in [6.07, 6.45) is 1.35. The molecule has 0 unspecified atom stereocenters. The fourth-order valence-electron chi connectivity index (χ4n) is 1.30. The van der Waals surface area contributed by atoms with Gasteiger partial charge >= 0.3 is 5.82 Å². The summed E-state index contributed by atoms with van der Waals surface area (Å²) in [6.45, 7) is 4.02. The number of hydrogen-bond acceptors (Lipinski definition) is 6. The molecule has 0 radical (unpaired) electrons. The number of nitro groups is 1. The van der Waals surface area contributed by atoms with Crippen molar-refractivity contribution in [3.05, 3.63) is 33.0 Å². The van der Waals surface area contributed by atoms with Crippen LogP contribution in [0.4, 0.5) is 5.82 Å². The van der Waals surface area contributed by atoms with Crippen LogP contribution in [0.15, 0.2) is 10.7 Å². The average Bonchev–Trinajstić information content (AvgIpc) is 2.86. The van der Waals surface area contributed by atoms with Crippen LogP contribution in [-0.4, -0.2) is 24.8 Å². The van der Waals surface area contributed by atoms with Crippen molar-refractivity contribution in [2.45, 2.75) is 26.3 Å². The summed E-state index contributed by atoms with van der Waals surface area (Å²) >= 11 is 5.67. The molecule has 0 atom stereocenters. The molecule has 0 saturated carbocycles. The van der Waals surface area contributed by atoms with Crippen molar-refractivity contribution in [3.63, 3.8) is 0 Å². The Labute approximate surface area is 107 Å². The summed E-state index contributed by atoms with van der Waals surface area (Å²) in [6, 6.07) is 0. The predicted octanol–water partition coefficient (Wildman–Crippen LogP) is 2.00. The molecule has 2 aromatic heterocycles. The zero-order valence-electron chi connectivity index (χ0n) is 9.70. The molecule has 2 heterocycles. The van der Waals surface area contributed by atoms with E-state index in [4.69, 9.17) is 16.1 Å². The van der Waals surface area contributed by atoms with Gasteiger partial charge in [0.1, 0.15) is 6.54 Å². The lowest BCUT2D eigenvalue weighted by Crippen LogP contribution is -2.03. The lowest BCUT2D eigenvalue weighted by molar-refractivity contribution is -0.389. The number of hydrogen-bond donors (Lipinski definition) is 0. The molecule has 0 aromatic carbocycles. The highest BCUT2D eigenvalue weighted by atomic mass is 35.5. The lowest BCUT2D eigenvalue weighted by atomic mass is 10.2. The molecule has 0 fully saturated rings. The van der Waals surface area contributed by atoms with Gasteiger partial charge in [0.25, 0.3) is 0 Å². The van der Waals surface area contributed by atoms with E-state index >= 15 is 0 Å². The fraction of sp³-hybridized carbons (Fsp3) is 0.444. The van der Waals surface area contributed by atoms with Crippen LogP contribution in [0.2, 0.25) is 5.02 Å². The number of halogens is 1. The van der Waals surface area contributed by atoms with Crippen molar-refractivity contribution in [1.82, 2.24) is 19.9 Å². The van der Waals surface area contributed by atoms with Crippen LogP contribution in [-0.2, 0) is 6.54 Å². The Hall–Kier alpha value is -1.96. The van der Waals surface area contributed by atoms with Gasteiger partial charge in [0.15, 0.2) is 10.8 Å². The highest BCUT2D eigenvalue weighted by Crippen LogP contribution is 2.21. The quantitative estimate of drug-likeness (QED) is 0.623. The highest BCUT2D eigenvalue weighted by molar-refractivity contribution is 6.32. The SMILES string of the molecule is CC(C)c1nc(Cn2cc(Cl)c([N+](=O)[O-])n2)no1. The minimum Gasteiger partial charge on any atom is -0.358 e. The molecule has 96 valence electrons. The molecule has 0 aliphatic rings. The van der Waals surface area contributed by atoms with E-state index in [1.165, 1.54) is 10.9 Å². The molecule has 0 bridgehead atoms. The zero-order chi connectivity index (χ0) is 13.3. The first-order valence-electron chi connectivity index (χ1n) is 5.17. The summed E-state index contributed by atoms with van der Waals surface area (Å²) in [5, 5.41) is 18.0. The first-order valence-corrected chi connectivity index (χ1v) is 5.55. The molecule has 2 aromatic rings. The maximum Gasteiger partial charge on any atom is 0.408 e. The third-order valence-electron chi connectivity index (χ3n) is 2.15. The van der Waals surface area contributed by atoms with Gasteiger partial charge in [-0.3, -0.25) is 0 Å². The van der Waals surface area contributed by atoms with Crippen molar-refractivity contribution in [2.75, 3.05) is 0 Å². The summed E-state index contributed by atoms with van der Waals surface area (Å²) in [5.74, 6) is 0.650. The Balaban J connectivity index is 2.18. The molecule has 18 heavy (non-hydrogen) atoms. The highest BCUT2D eigenvalue weighted by Gasteiger charge is 2.20. The van der Waals surface area contributed by atoms with Gasteiger partial charge < -0.3 is 14.6 Å². The van der Waals surface area contributed by atoms with E-state index < -0.39 is 4.92 Å². The molecule has 0 amide bonds. The molecule has 0 saturated heterocycles. The maximum atomic E-state index is 10.6. The molecule has 9 heteroatoms. The third kappa shape index (κ3) is 2.48. The first-order chi connectivity index (χ1) is 8.47. The molecular weight excluding hydrogens is 262 g/mol. The largest absolute Gasteiger partial charge is 0.408 e. The van der Waals surface area contributed by atoms with Crippen LogP contribution in [0.25, 0.3) is 0 Å². The minimum absolute atomic E-state index is 0.0208. The van der Waals surface area contributed by atoms with Crippen molar-refractivity contribution >= 4 is 17.4 Å². The second-order valence-electron chi connectivity index (χ2n) is 3.96. The second kappa shape index (κ2) is 4.73. The lowest BCUT2D eigenvalue weighted by Gasteiger charge is -1.92. The van der Waals surface area contributed by atoms with E-state index in [-0.39, 0.29) is 23.3 Å². The monoisotopic (exact) mass is 271 g/mol. The Kier molecular flexibility index (Phi) is 3.28. The van der Waals surface area contributed by atoms with Crippen molar-refractivity contribution in [1.29, 1.82) is 0 Å². The molecule has 2 rings (SSSR count). The van der Waals surface area contributed by atoms with Crippen molar-refractivity contribution in [3.8, 4) is 0 Å². The van der Waals surface area contributed by atoms with E-state index in [0.717, 1.165) is 0 Å². The van der Waals surface area contributed by atoms with E-state index in [0.29, 0.717) is 11.7 Å². The Morgan fingerprint density at radius 3 is 2.83 bits per heavy atom. The van der Waals surface area contributed by atoms with E-state index in [1.807, 2.05) is 13.8 Å². The molecule has 0 spiro atoms. The van der Waals surface area contributed by atoms with E-state index in [1.54, 1.807) is 0 Å². The normalized spacial score (nSPS) is 11.1. The fourth-order valence-corrected chi connectivity index (χ4v) is 1.52. The first kappa shape index (κ1) is 12.5. The van der Waals surface area contributed by atoms with Gasteiger partial charge in [0.05, 0.1) is 11.3 Å². The van der Waals surface area contributed by atoms with Crippen LogP contribution in [0.1, 0.15) is 31.5 Å². The Morgan fingerprint density at radius 2 is 2.33 bits per heavy atom. The summed E-state index contributed by atoms with van der Waals surface area (Å²) < 4.78 is 6.31.